The molecule has 2 unspecified atom stereocenters. The summed E-state index contributed by atoms with van der Waals surface area (Å²) in [6.07, 6.45) is 1.11. The van der Waals surface area contributed by atoms with Crippen LogP contribution in [0, 0.1) is 0 Å². The zero-order valence-electron chi connectivity index (χ0n) is 11.8. The zero-order valence-corrected chi connectivity index (χ0v) is 11.8. The van der Waals surface area contributed by atoms with Gasteiger partial charge in [-0.05, 0) is 19.9 Å². The first-order valence-electron chi connectivity index (χ1n) is 7.31. The fourth-order valence-corrected chi connectivity index (χ4v) is 2.87. The van der Waals surface area contributed by atoms with Crippen LogP contribution in [-0.4, -0.2) is 59.2 Å². The lowest BCUT2D eigenvalue weighted by atomic mass is 10.1. The summed E-state index contributed by atoms with van der Waals surface area (Å²) in [5, 5.41) is 7.57. The zero-order chi connectivity index (χ0) is 13.2. The van der Waals surface area contributed by atoms with E-state index in [0.29, 0.717) is 11.9 Å². The van der Waals surface area contributed by atoms with E-state index in [1.165, 1.54) is 13.1 Å². The minimum atomic E-state index is 0.136. The second-order valence-corrected chi connectivity index (χ2v) is 5.52. The lowest BCUT2D eigenvalue weighted by molar-refractivity contribution is 0.00781. The Labute approximate surface area is 114 Å². The maximum absolute atomic E-state index is 5.42. The minimum absolute atomic E-state index is 0.136. The number of aromatic nitrogens is 2. The molecule has 6 heteroatoms. The summed E-state index contributed by atoms with van der Waals surface area (Å²) in [4.78, 5) is 9.55. The molecular weight excluding hydrogens is 242 g/mol. The van der Waals surface area contributed by atoms with Crippen LogP contribution in [0.5, 0.6) is 0 Å². The number of fused-ring (bicyclic) bond motifs is 3. The van der Waals surface area contributed by atoms with Gasteiger partial charge in [0.1, 0.15) is 0 Å². The maximum atomic E-state index is 5.42. The molecule has 19 heavy (non-hydrogen) atoms. The van der Waals surface area contributed by atoms with Gasteiger partial charge in [-0.15, -0.1) is 0 Å². The van der Waals surface area contributed by atoms with Gasteiger partial charge in [-0.1, -0.05) is 12.1 Å². The average Bonchev–Trinajstić information content (AvgIpc) is 2.95. The molecule has 1 N–H and O–H groups in total. The summed E-state index contributed by atoms with van der Waals surface area (Å²) in [6.45, 7) is 10.8. The molecule has 6 nitrogen and oxygen atoms in total. The Hall–Kier alpha value is -0.980. The van der Waals surface area contributed by atoms with Crippen LogP contribution in [0.2, 0.25) is 0 Å². The van der Waals surface area contributed by atoms with Gasteiger partial charge in [0.15, 0.2) is 5.82 Å². The molecule has 2 bridgehead atoms. The Balaban J connectivity index is 1.67. The SMILES string of the molecule is CCCNC(C)c1nc(C2CN3CCN2CC3)no1. The van der Waals surface area contributed by atoms with Crippen molar-refractivity contribution >= 4 is 0 Å². The van der Waals surface area contributed by atoms with Crippen molar-refractivity contribution < 1.29 is 4.52 Å². The Morgan fingerprint density at radius 1 is 1.37 bits per heavy atom. The highest BCUT2D eigenvalue weighted by Crippen LogP contribution is 2.27. The molecule has 0 aliphatic carbocycles. The van der Waals surface area contributed by atoms with Crippen LogP contribution in [0.25, 0.3) is 0 Å². The van der Waals surface area contributed by atoms with Crippen molar-refractivity contribution in [1.29, 1.82) is 0 Å². The van der Waals surface area contributed by atoms with Crippen molar-refractivity contribution in [3.8, 4) is 0 Å². The second-order valence-electron chi connectivity index (χ2n) is 5.52. The lowest BCUT2D eigenvalue weighted by Crippen LogP contribution is -2.57. The fourth-order valence-electron chi connectivity index (χ4n) is 2.87. The van der Waals surface area contributed by atoms with Crippen molar-refractivity contribution in [3.05, 3.63) is 11.7 Å². The van der Waals surface area contributed by atoms with Crippen LogP contribution in [0.1, 0.15) is 44.1 Å². The molecule has 3 aliphatic heterocycles. The van der Waals surface area contributed by atoms with Gasteiger partial charge in [0.25, 0.3) is 0 Å². The van der Waals surface area contributed by atoms with Gasteiger partial charge in [0, 0.05) is 32.7 Å². The van der Waals surface area contributed by atoms with Crippen LogP contribution in [0.15, 0.2) is 4.52 Å². The molecule has 0 spiro atoms. The van der Waals surface area contributed by atoms with E-state index in [-0.39, 0.29) is 6.04 Å². The van der Waals surface area contributed by atoms with E-state index in [0.717, 1.165) is 38.4 Å². The summed E-state index contributed by atoms with van der Waals surface area (Å²) in [5.74, 6) is 1.56. The number of rotatable bonds is 5. The highest BCUT2D eigenvalue weighted by Gasteiger charge is 2.35. The second kappa shape index (κ2) is 5.56. The van der Waals surface area contributed by atoms with Crippen molar-refractivity contribution in [3.63, 3.8) is 0 Å². The van der Waals surface area contributed by atoms with E-state index in [9.17, 15) is 0 Å². The topological polar surface area (TPSA) is 57.4 Å². The van der Waals surface area contributed by atoms with E-state index < -0.39 is 0 Å². The third kappa shape index (κ3) is 2.66. The number of nitrogens with one attached hydrogen (secondary N) is 1. The molecule has 0 aromatic carbocycles. The minimum Gasteiger partial charge on any atom is -0.338 e. The van der Waals surface area contributed by atoms with E-state index in [2.05, 4.69) is 39.1 Å². The molecule has 3 fully saturated rings. The summed E-state index contributed by atoms with van der Waals surface area (Å²) in [7, 11) is 0. The van der Waals surface area contributed by atoms with Crippen LogP contribution >= 0.6 is 0 Å². The van der Waals surface area contributed by atoms with Crippen LogP contribution in [-0.2, 0) is 0 Å². The van der Waals surface area contributed by atoms with Gasteiger partial charge in [0.05, 0.1) is 12.1 Å². The predicted octanol–water partition coefficient (Wildman–Crippen LogP) is 0.802. The number of hydrogen-bond acceptors (Lipinski definition) is 6. The van der Waals surface area contributed by atoms with Crippen molar-refractivity contribution in [2.24, 2.45) is 0 Å². The molecule has 1 aromatic heterocycles. The van der Waals surface area contributed by atoms with Gasteiger partial charge in [-0.2, -0.15) is 4.98 Å². The van der Waals surface area contributed by atoms with Gasteiger partial charge < -0.3 is 9.84 Å². The largest absolute Gasteiger partial charge is 0.338 e. The molecule has 0 radical (unpaired) electrons. The molecule has 3 aliphatic rings. The monoisotopic (exact) mass is 265 g/mol. The van der Waals surface area contributed by atoms with Crippen LogP contribution in [0.3, 0.4) is 0 Å². The third-order valence-corrected chi connectivity index (χ3v) is 4.11. The quantitative estimate of drug-likeness (QED) is 0.850. The van der Waals surface area contributed by atoms with Crippen molar-refractivity contribution in [2.75, 3.05) is 39.3 Å². The third-order valence-electron chi connectivity index (χ3n) is 4.11. The standard InChI is InChI=1S/C13H23N5O/c1-3-4-14-10(2)13-15-12(16-19-13)11-9-17-5-7-18(11)8-6-17/h10-11,14H,3-9H2,1-2H3. The summed E-state index contributed by atoms with van der Waals surface area (Å²) in [5.41, 5.74) is 0. The molecule has 0 saturated carbocycles. The first-order chi connectivity index (χ1) is 9.28. The first-order valence-corrected chi connectivity index (χ1v) is 7.31. The molecular formula is C13H23N5O. The normalized spacial score (nSPS) is 31.6. The van der Waals surface area contributed by atoms with E-state index >= 15 is 0 Å². The molecule has 2 atom stereocenters. The molecule has 3 saturated heterocycles. The molecule has 106 valence electrons. The predicted molar refractivity (Wildman–Crippen MR) is 71.8 cm³/mol. The van der Waals surface area contributed by atoms with E-state index in [1.807, 2.05) is 0 Å². The molecule has 4 heterocycles. The van der Waals surface area contributed by atoms with E-state index in [4.69, 9.17) is 4.52 Å². The Morgan fingerprint density at radius 2 is 2.16 bits per heavy atom. The Morgan fingerprint density at radius 3 is 2.79 bits per heavy atom. The van der Waals surface area contributed by atoms with Crippen molar-refractivity contribution in [1.82, 2.24) is 25.3 Å². The summed E-state index contributed by atoms with van der Waals surface area (Å²) < 4.78 is 5.42. The molecule has 1 aromatic rings. The number of hydrogen-bond donors (Lipinski definition) is 1. The number of piperazine rings is 3. The summed E-state index contributed by atoms with van der Waals surface area (Å²) >= 11 is 0. The average molecular weight is 265 g/mol. The maximum Gasteiger partial charge on any atom is 0.243 e. The van der Waals surface area contributed by atoms with Crippen LogP contribution in [0.4, 0.5) is 0 Å². The summed E-state index contributed by atoms with van der Waals surface area (Å²) in [6, 6.07) is 0.454. The van der Waals surface area contributed by atoms with Crippen LogP contribution < -0.4 is 5.32 Å². The highest BCUT2D eigenvalue weighted by molar-refractivity contribution is 5.02. The van der Waals surface area contributed by atoms with Gasteiger partial charge in [-0.3, -0.25) is 9.80 Å². The Kier molecular flexibility index (Phi) is 3.81. The number of nitrogens with zero attached hydrogens (tertiary/aromatic N) is 4. The van der Waals surface area contributed by atoms with Gasteiger partial charge >= 0.3 is 0 Å². The lowest BCUT2D eigenvalue weighted by Gasteiger charge is -2.46. The van der Waals surface area contributed by atoms with Crippen molar-refractivity contribution in [2.45, 2.75) is 32.4 Å². The fraction of sp³-hybridized carbons (Fsp3) is 0.846. The van der Waals surface area contributed by atoms with E-state index in [1.54, 1.807) is 0 Å². The highest BCUT2D eigenvalue weighted by atomic mass is 16.5. The molecule has 0 amide bonds. The smallest absolute Gasteiger partial charge is 0.243 e. The first kappa shape index (κ1) is 13.0. The molecule has 4 rings (SSSR count). The Bertz CT molecular complexity index is 413. The van der Waals surface area contributed by atoms with Gasteiger partial charge in [-0.25, -0.2) is 0 Å². The van der Waals surface area contributed by atoms with Gasteiger partial charge in [0.2, 0.25) is 5.89 Å².